The first-order chi connectivity index (χ1) is 14.3. The average Bonchev–Trinajstić information content (AvgIpc) is 3.07. The third kappa shape index (κ3) is 4.40. The van der Waals surface area contributed by atoms with Crippen molar-refractivity contribution >= 4 is 44.8 Å². The Morgan fingerprint density at radius 2 is 2.00 bits per heavy atom. The van der Waals surface area contributed by atoms with Crippen LogP contribution in [0.4, 0.5) is 5.00 Å². The van der Waals surface area contributed by atoms with Crippen molar-refractivity contribution in [2.24, 2.45) is 11.3 Å². The standard InChI is InChI=1S/C25H26N2OS2/c1-25(2,3)18-9-11-20-21(14-26)24(30-22(20)13-18)27-23(28)15-29-19-10-8-16-6-4-5-7-17(16)12-19/h4-8,10,12,18H,9,11,13,15H2,1-3H3,(H,27,28). The quantitative estimate of drug-likeness (QED) is 0.467. The van der Waals surface area contributed by atoms with Crippen LogP contribution in [0.5, 0.6) is 0 Å². The highest BCUT2D eigenvalue weighted by Crippen LogP contribution is 2.44. The summed E-state index contributed by atoms with van der Waals surface area (Å²) >= 11 is 3.12. The Hall–Kier alpha value is -2.29. The summed E-state index contributed by atoms with van der Waals surface area (Å²) in [5, 5.41) is 15.8. The molecule has 30 heavy (non-hydrogen) atoms. The summed E-state index contributed by atoms with van der Waals surface area (Å²) in [6.45, 7) is 6.86. The maximum Gasteiger partial charge on any atom is 0.235 e. The van der Waals surface area contributed by atoms with Gasteiger partial charge in [0, 0.05) is 9.77 Å². The molecule has 1 aromatic heterocycles. The van der Waals surface area contributed by atoms with Gasteiger partial charge in [0.2, 0.25) is 5.91 Å². The van der Waals surface area contributed by atoms with Gasteiger partial charge in [0.15, 0.2) is 0 Å². The molecule has 1 N–H and O–H groups in total. The number of hydrogen-bond donors (Lipinski definition) is 1. The lowest BCUT2D eigenvalue weighted by Gasteiger charge is -2.33. The van der Waals surface area contributed by atoms with Crippen LogP contribution in [0, 0.1) is 22.7 Å². The second-order valence-corrected chi connectivity index (χ2v) is 11.1. The van der Waals surface area contributed by atoms with Crippen molar-refractivity contribution in [3.05, 3.63) is 58.5 Å². The molecule has 0 aliphatic heterocycles. The van der Waals surface area contributed by atoms with Crippen LogP contribution in [-0.2, 0) is 17.6 Å². The number of anilines is 1. The van der Waals surface area contributed by atoms with E-state index in [2.05, 4.69) is 62.5 Å². The van der Waals surface area contributed by atoms with Crippen molar-refractivity contribution in [1.82, 2.24) is 0 Å². The average molecular weight is 435 g/mol. The number of benzene rings is 2. The Morgan fingerprint density at radius 1 is 1.23 bits per heavy atom. The normalized spacial score (nSPS) is 16.1. The van der Waals surface area contributed by atoms with Crippen molar-refractivity contribution in [1.29, 1.82) is 5.26 Å². The molecule has 3 nitrogen and oxygen atoms in total. The molecule has 0 radical (unpaired) electrons. The predicted octanol–water partition coefficient (Wildman–Crippen LogP) is 6.65. The molecule has 0 saturated carbocycles. The Balaban J connectivity index is 1.44. The Kier molecular flexibility index (Phi) is 5.90. The van der Waals surface area contributed by atoms with Crippen LogP contribution < -0.4 is 5.32 Å². The van der Waals surface area contributed by atoms with Crippen LogP contribution in [0.2, 0.25) is 0 Å². The number of thioether (sulfide) groups is 1. The molecule has 1 aliphatic carbocycles. The van der Waals surface area contributed by atoms with E-state index in [9.17, 15) is 10.1 Å². The van der Waals surface area contributed by atoms with Gasteiger partial charge in [-0.3, -0.25) is 4.79 Å². The minimum atomic E-state index is -0.0596. The summed E-state index contributed by atoms with van der Waals surface area (Å²) in [4.78, 5) is 15.0. The van der Waals surface area contributed by atoms with Crippen LogP contribution >= 0.6 is 23.1 Å². The molecule has 1 amide bonds. The van der Waals surface area contributed by atoms with Gasteiger partial charge >= 0.3 is 0 Å². The van der Waals surface area contributed by atoms with E-state index in [0.717, 1.165) is 34.7 Å². The fourth-order valence-electron chi connectivity index (χ4n) is 4.10. The minimum Gasteiger partial charge on any atom is -0.316 e. The molecule has 1 atom stereocenters. The predicted molar refractivity (Wildman–Crippen MR) is 127 cm³/mol. The lowest BCUT2D eigenvalue weighted by Crippen LogP contribution is -2.26. The number of amides is 1. The molecule has 0 bridgehead atoms. The molecule has 1 heterocycles. The lowest BCUT2D eigenvalue weighted by molar-refractivity contribution is -0.113. The second-order valence-electron chi connectivity index (χ2n) is 8.97. The van der Waals surface area contributed by atoms with Gasteiger partial charge in [0.25, 0.3) is 0 Å². The first-order valence-electron chi connectivity index (χ1n) is 10.3. The number of hydrogen-bond acceptors (Lipinski definition) is 4. The Labute approximate surface area is 186 Å². The Bertz CT molecular complexity index is 1130. The SMILES string of the molecule is CC(C)(C)C1CCc2c(sc(NC(=O)CSc3ccc4ccccc4c3)c2C#N)C1. The molecule has 1 unspecified atom stereocenters. The molecular weight excluding hydrogens is 408 g/mol. The second kappa shape index (κ2) is 8.45. The summed E-state index contributed by atoms with van der Waals surface area (Å²) in [5.41, 5.74) is 2.08. The summed E-state index contributed by atoms with van der Waals surface area (Å²) in [5.74, 6) is 0.883. The third-order valence-electron chi connectivity index (χ3n) is 5.95. The zero-order valence-electron chi connectivity index (χ0n) is 17.6. The van der Waals surface area contributed by atoms with Crippen molar-refractivity contribution in [3.63, 3.8) is 0 Å². The van der Waals surface area contributed by atoms with Crippen molar-refractivity contribution in [3.8, 4) is 6.07 Å². The Morgan fingerprint density at radius 3 is 2.73 bits per heavy atom. The number of fused-ring (bicyclic) bond motifs is 2. The van der Waals surface area contributed by atoms with Gasteiger partial charge < -0.3 is 5.32 Å². The highest BCUT2D eigenvalue weighted by Gasteiger charge is 2.32. The van der Waals surface area contributed by atoms with Gasteiger partial charge in [0.05, 0.1) is 11.3 Å². The van der Waals surface area contributed by atoms with Gasteiger partial charge in [-0.15, -0.1) is 23.1 Å². The van der Waals surface area contributed by atoms with Gasteiger partial charge in [-0.2, -0.15) is 5.26 Å². The van der Waals surface area contributed by atoms with Crippen LogP contribution in [-0.4, -0.2) is 11.7 Å². The van der Waals surface area contributed by atoms with Crippen LogP contribution in [0.25, 0.3) is 10.8 Å². The lowest BCUT2D eigenvalue weighted by atomic mass is 9.72. The largest absolute Gasteiger partial charge is 0.316 e. The molecule has 0 spiro atoms. The number of nitrogens with zero attached hydrogens (tertiary/aromatic N) is 1. The zero-order chi connectivity index (χ0) is 21.3. The first-order valence-corrected chi connectivity index (χ1v) is 12.1. The number of carbonyl (C=O) groups excluding carboxylic acids is 1. The molecular formula is C25H26N2OS2. The van der Waals surface area contributed by atoms with Gasteiger partial charge in [-0.25, -0.2) is 0 Å². The maximum absolute atomic E-state index is 12.6. The van der Waals surface area contributed by atoms with E-state index in [1.165, 1.54) is 27.4 Å². The number of rotatable bonds is 4. The summed E-state index contributed by atoms with van der Waals surface area (Å²) in [7, 11) is 0. The zero-order valence-corrected chi connectivity index (χ0v) is 19.3. The van der Waals surface area contributed by atoms with Crippen LogP contribution in [0.1, 0.15) is 43.2 Å². The van der Waals surface area contributed by atoms with E-state index in [0.29, 0.717) is 17.2 Å². The van der Waals surface area contributed by atoms with Gasteiger partial charge in [0.1, 0.15) is 11.1 Å². The van der Waals surface area contributed by atoms with E-state index in [1.54, 1.807) is 11.3 Å². The molecule has 3 aromatic rings. The van der Waals surface area contributed by atoms with Gasteiger partial charge in [-0.1, -0.05) is 51.1 Å². The number of thiophene rings is 1. The summed E-state index contributed by atoms with van der Waals surface area (Å²) < 4.78 is 0. The fraction of sp³-hybridized carbons (Fsp3) is 0.360. The van der Waals surface area contributed by atoms with Crippen LogP contribution in [0.15, 0.2) is 47.4 Å². The maximum atomic E-state index is 12.6. The molecule has 2 aromatic carbocycles. The highest BCUT2D eigenvalue weighted by atomic mass is 32.2. The molecule has 1 aliphatic rings. The topological polar surface area (TPSA) is 52.9 Å². The van der Waals surface area contributed by atoms with Gasteiger partial charge in [-0.05, 0) is 59.1 Å². The van der Waals surface area contributed by atoms with E-state index < -0.39 is 0 Å². The molecule has 5 heteroatoms. The van der Waals surface area contributed by atoms with E-state index in [4.69, 9.17) is 0 Å². The van der Waals surface area contributed by atoms with Crippen molar-refractivity contribution in [2.75, 3.05) is 11.1 Å². The van der Waals surface area contributed by atoms with Crippen molar-refractivity contribution in [2.45, 2.75) is 44.9 Å². The number of nitrogens with one attached hydrogen (secondary N) is 1. The first kappa shape index (κ1) is 21.0. The molecule has 0 saturated heterocycles. The smallest absolute Gasteiger partial charge is 0.235 e. The molecule has 0 fully saturated rings. The summed E-state index contributed by atoms with van der Waals surface area (Å²) in [6.07, 6.45) is 3.03. The molecule has 4 rings (SSSR count). The van der Waals surface area contributed by atoms with Crippen LogP contribution in [0.3, 0.4) is 0 Å². The fourth-order valence-corrected chi connectivity index (χ4v) is 6.14. The monoisotopic (exact) mass is 434 g/mol. The minimum absolute atomic E-state index is 0.0596. The van der Waals surface area contributed by atoms with E-state index in [1.807, 2.05) is 12.1 Å². The number of carbonyl (C=O) groups is 1. The number of nitriles is 1. The van der Waals surface area contributed by atoms with Crippen molar-refractivity contribution < 1.29 is 4.79 Å². The van der Waals surface area contributed by atoms with E-state index in [-0.39, 0.29) is 11.3 Å². The molecule has 154 valence electrons. The van der Waals surface area contributed by atoms with E-state index >= 15 is 0 Å². The third-order valence-corrected chi connectivity index (χ3v) is 8.11. The highest BCUT2D eigenvalue weighted by molar-refractivity contribution is 8.00. The summed E-state index contributed by atoms with van der Waals surface area (Å²) in [6, 6.07) is 16.8.